The number of ether oxygens (including phenoxy) is 1. The van der Waals surface area contributed by atoms with Crippen LogP contribution in [0.4, 0.5) is 0 Å². The molecular weight excluding hydrogens is 310 g/mol. The van der Waals surface area contributed by atoms with Crippen molar-refractivity contribution in [3.05, 3.63) is 65.7 Å². The predicted molar refractivity (Wildman–Crippen MR) is 101 cm³/mol. The van der Waals surface area contributed by atoms with Gasteiger partial charge in [-0.2, -0.15) is 0 Å². The van der Waals surface area contributed by atoms with E-state index >= 15 is 0 Å². The highest BCUT2D eigenvalue weighted by Gasteiger charge is 2.44. The third-order valence-electron chi connectivity index (χ3n) is 4.58. The monoisotopic (exact) mass is 337 g/mol. The Kier molecular flexibility index (Phi) is 4.85. The lowest BCUT2D eigenvalue weighted by Gasteiger charge is -2.21. The molecule has 3 heteroatoms. The molecule has 2 aromatic rings. The molecular formula is C22H27NO2. The second-order valence-electron chi connectivity index (χ2n) is 7.96. The summed E-state index contributed by atoms with van der Waals surface area (Å²) < 4.78 is 5.81. The Bertz CT molecular complexity index is 710. The minimum absolute atomic E-state index is 0.0756. The van der Waals surface area contributed by atoms with Crippen molar-refractivity contribution in [1.29, 1.82) is 0 Å². The van der Waals surface area contributed by atoms with E-state index in [2.05, 4.69) is 29.6 Å². The highest BCUT2D eigenvalue weighted by atomic mass is 16.5. The van der Waals surface area contributed by atoms with Gasteiger partial charge in [0.15, 0.2) is 0 Å². The zero-order chi connectivity index (χ0) is 17.9. The first-order valence-corrected chi connectivity index (χ1v) is 8.97. The molecule has 1 N–H and O–H groups in total. The van der Waals surface area contributed by atoms with Crippen molar-refractivity contribution in [3.63, 3.8) is 0 Å². The van der Waals surface area contributed by atoms with Gasteiger partial charge in [0.1, 0.15) is 11.4 Å². The molecule has 1 aliphatic rings. The molecule has 0 spiro atoms. The molecule has 1 aliphatic carbocycles. The van der Waals surface area contributed by atoms with Gasteiger partial charge in [0.05, 0.1) is 6.42 Å². The molecule has 132 valence electrons. The number of hydrogen-bond acceptors (Lipinski definition) is 2. The maximum atomic E-state index is 12.3. The number of carbonyl (C=O) groups excluding carboxylic acids is 1. The summed E-state index contributed by atoms with van der Waals surface area (Å²) in [6.45, 7) is 6.79. The lowest BCUT2D eigenvalue weighted by molar-refractivity contribution is -0.120. The quantitative estimate of drug-likeness (QED) is 0.855. The van der Waals surface area contributed by atoms with Gasteiger partial charge in [-0.3, -0.25) is 4.79 Å². The van der Waals surface area contributed by atoms with Gasteiger partial charge >= 0.3 is 0 Å². The van der Waals surface area contributed by atoms with Crippen molar-refractivity contribution in [1.82, 2.24) is 5.32 Å². The van der Waals surface area contributed by atoms with Crippen molar-refractivity contribution >= 4 is 5.91 Å². The van der Waals surface area contributed by atoms with Crippen LogP contribution in [0.15, 0.2) is 54.6 Å². The average molecular weight is 337 g/mol. The number of benzene rings is 2. The van der Waals surface area contributed by atoms with Crippen LogP contribution in [0, 0.1) is 0 Å². The molecule has 0 bridgehead atoms. The van der Waals surface area contributed by atoms with Gasteiger partial charge in [0.25, 0.3) is 0 Å². The van der Waals surface area contributed by atoms with E-state index in [1.807, 2.05) is 51.1 Å². The molecule has 0 unspecified atom stereocenters. The van der Waals surface area contributed by atoms with Crippen LogP contribution in [0.25, 0.3) is 0 Å². The molecule has 3 rings (SSSR count). The van der Waals surface area contributed by atoms with E-state index in [9.17, 15) is 4.79 Å². The first-order chi connectivity index (χ1) is 11.9. The maximum absolute atomic E-state index is 12.3. The van der Waals surface area contributed by atoms with Crippen molar-refractivity contribution in [2.24, 2.45) is 0 Å². The number of nitrogens with one attached hydrogen (secondary N) is 1. The summed E-state index contributed by atoms with van der Waals surface area (Å²) in [6.07, 6.45) is 2.70. The fourth-order valence-electron chi connectivity index (χ4n) is 3.05. The Balaban J connectivity index is 1.51. The number of rotatable bonds is 6. The smallest absolute Gasteiger partial charge is 0.224 e. The molecule has 1 fully saturated rings. The van der Waals surface area contributed by atoms with E-state index in [4.69, 9.17) is 4.74 Å². The van der Waals surface area contributed by atoms with Crippen LogP contribution >= 0.6 is 0 Å². The molecule has 0 saturated heterocycles. The second-order valence-corrected chi connectivity index (χ2v) is 7.96. The van der Waals surface area contributed by atoms with Crippen molar-refractivity contribution < 1.29 is 9.53 Å². The minimum Gasteiger partial charge on any atom is -0.488 e. The van der Waals surface area contributed by atoms with Gasteiger partial charge in [-0.25, -0.2) is 0 Å². The van der Waals surface area contributed by atoms with E-state index < -0.39 is 0 Å². The van der Waals surface area contributed by atoms with Crippen LogP contribution in [0.2, 0.25) is 0 Å². The van der Waals surface area contributed by atoms with Gasteiger partial charge in [0.2, 0.25) is 5.91 Å². The fourth-order valence-corrected chi connectivity index (χ4v) is 3.05. The molecule has 0 radical (unpaired) electrons. The van der Waals surface area contributed by atoms with Crippen LogP contribution in [0.5, 0.6) is 5.75 Å². The van der Waals surface area contributed by atoms with Gasteiger partial charge in [-0.05, 0) is 56.9 Å². The summed E-state index contributed by atoms with van der Waals surface area (Å²) in [7, 11) is 0. The van der Waals surface area contributed by atoms with Crippen LogP contribution in [-0.2, 0) is 16.6 Å². The maximum Gasteiger partial charge on any atom is 0.224 e. The number of carbonyl (C=O) groups is 1. The van der Waals surface area contributed by atoms with Crippen molar-refractivity contribution in [2.45, 2.75) is 51.0 Å². The van der Waals surface area contributed by atoms with E-state index in [0.717, 1.165) is 30.7 Å². The first kappa shape index (κ1) is 17.5. The van der Waals surface area contributed by atoms with Crippen LogP contribution in [0.3, 0.4) is 0 Å². The molecule has 0 heterocycles. The molecule has 0 aromatic heterocycles. The molecule has 25 heavy (non-hydrogen) atoms. The van der Waals surface area contributed by atoms with Gasteiger partial charge in [-0.1, -0.05) is 42.5 Å². The summed E-state index contributed by atoms with van der Waals surface area (Å²) in [5.41, 5.74) is 2.28. The molecule has 2 aromatic carbocycles. The summed E-state index contributed by atoms with van der Waals surface area (Å²) in [6, 6.07) is 18.3. The Hall–Kier alpha value is -2.29. The highest BCUT2D eigenvalue weighted by Crippen LogP contribution is 2.47. The topological polar surface area (TPSA) is 38.3 Å². The lowest BCUT2D eigenvalue weighted by Crippen LogP contribution is -2.33. The average Bonchev–Trinajstić information content (AvgIpc) is 3.36. The van der Waals surface area contributed by atoms with E-state index in [1.165, 1.54) is 5.56 Å². The third kappa shape index (κ3) is 4.85. The second kappa shape index (κ2) is 6.91. The molecule has 1 amide bonds. The SMILES string of the molecule is CC(C)(C)Oc1ccc(CC(=O)NCC2(c3ccccc3)CC2)cc1. The van der Waals surface area contributed by atoms with Crippen LogP contribution in [-0.4, -0.2) is 18.1 Å². The molecule has 0 aliphatic heterocycles. The minimum atomic E-state index is -0.213. The van der Waals surface area contributed by atoms with Gasteiger partial charge in [0, 0.05) is 12.0 Å². The summed E-state index contributed by atoms with van der Waals surface area (Å²) in [5.74, 6) is 0.907. The zero-order valence-electron chi connectivity index (χ0n) is 15.3. The van der Waals surface area contributed by atoms with Crippen LogP contribution in [0.1, 0.15) is 44.7 Å². The fraction of sp³-hybridized carbons (Fsp3) is 0.409. The Morgan fingerprint density at radius 1 is 1.04 bits per heavy atom. The van der Waals surface area contributed by atoms with E-state index in [1.54, 1.807) is 0 Å². The predicted octanol–water partition coefficient (Wildman–Crippen LogP) is 4.25. The molecule has 1 saturated carbocycles. The van der Waals surface area contributed by atoms with Gasteiger partial charge < -0.3 is 10.1 Å². The normalized spacial score (nSPS) is 15.5. The van der Waals surface area contributed by atoms with E-state index in [-0.39, 0.29) is 16.9 Å². The van der Waals surface area contributed by atoms with Crippen molar-refractivity contribution in [2.75, 3.05) is 6.54 Å². The summed E-state index contributed by atoms with van der Waals surface area (Å²) in [4.78, 5) is 12.3. The zero-order valence-corrected chi connectivity index (χ0v) is 15.3. The highest BCUT2D eigenvalue weighted by molar-refractivity contribution is 5.78. The summed E-state index contributed by atoms with van der Waals surface area (Å²) in [5, 5.41) is 3.12. The number of amides is 1. The van der Waals surface area contributed by atoms with Crippen molar-refractivity contribution in [3.8, 4) is 5.75 Å². The summed E-state index contributed by atoms with van der Waals surface area (Å²) >= 11 is 0. The van der Waals surface area contributed by atoms with Crippen LogP contribution < -0.4 is 10.1 Å². The largest absolute Gasteiger partial charge is 0.488 e. The first-order valence-electron chi connectivity index (χ1n) is 8.97. The standard InChI is InChI=1S/C22H27NO2/c1-21(2,3)25-19-11-9-17(10-12-19)15-20(24)23-16-22(13-14-22)18-7-5-4-6-8-18/h4-12H,13-16H2,1-3H3,(H,23,24). The lowest BCUT2D eigenvalue weighted by atomic mass is 9.96. The number of hydrogen-bond donors (Lipinski definition) is 1. The Labute approximate surface area is 150 Å². The Morgan fingerprint density at radius 3 is 2.24 bits per heavy atom. The third-order valence-corrected chi connectivity index (χ3v) is 4.58. The van der Waals surface area contributed by atoms with Gasteiger partial charge in [-0.15, -0.1) is 0 Å². The van der Waals surface area contributed by atoms with E-state index in [0.29, 0.717) is 6.42 Å². The Morgan fingerprint density at radius 2 is 1.68 bits per heavy atom. The molecule has 3 nitrogen and oxygen atoms in total. The molecule has 0 atom stereocenters.